The molecule has 1 aliphatic rings. The lowest BCUT2D eigenvalue weighted by Gasteiger charge is -2.15. The molecule has 1 saturated heterocycles. The Morgan fingerprint density at radius 3 is 2.94 bits per heavy atom. The summed E-state index contributed by atoms with van der Waals surface area (Å²) in [6, 6.07) is 5.54. The van der Waals surface area contributed by atoms with Gasteiger partial charge in [0.1, 0.15) is 11.5 Å². The van der Waals surface area contributed by atoms with Gasteiger partial charge in [0.15, 0.2) is 0 Å². The molecule has 1 unspecified atom stereocenters. The molecule has 1 aliphatic heterocycles. The van der Waals surface area contributed by atoms with Gasteiger partial charge in [0, 0.05) is 18.6 Å². The van der Waals surface area contributed by atoms with E-state index in [4.69, 9.17) is 19.9 Å². The fourth-order valence-corrected chi connectivity index (χ4v) is 1.89. The lowest BCUT2D eigenvalue weighted by atomic mass is 10.1. The Kier molecular flexibility index (Phi) is 4.31. The summed E-state index contributed by atoms with van der Waals surface area (Å²) < 4.78 is 16.7. The minimum atomic E-state index is 0.103. The van der Waals surface area contributed by atoms with Crippen molar-refractivity contribution >= 4 is 5.69 Å². The summed E-state index contributed by atoms with van der Waals surface area (Å²) in [5.74, 6) is 1.98. The van der Waals surface area contributed by atoms with E-state index in [1.807, 2.05) is 32.0 Å². The largest absolute Gasteiger partial charge is 0.493 e. The molecular weight excluding hydrogens is 230 g/mol. The van der Waals surface area contributed by atoms with E-state index in [2.05, 4.69) is 0 Å². The van der Waals surface area contributed by atoms with Gasteiger partial charge in [-0.1, -0.05) is 0 Å². The molecule has 0 aromatic heterocycles. The number of anilines is 1. The molecule has 0 aliphatic carbocycles. The Morgan fingerprint density at radius 2 is 2.28 bits per heavy atom. The monoisotopic (exact) mass is 251 g/mol. The molecule has 18 heavy (non-hydrogen) atoms. The van der Waals surface area contributed by atoms with E-state index in [-0.39, 0.29) is 6.10 Å². The average Bonchev–Trinajstić information content (AvgIpc) is 2.82. The minimum Gasteiger partial charge on any atom is -0.493 e. The van der Waals surface area contributed by atoms with E-state index in [1.54, 1.807) is 0 Å². The van der Waals surface area contributed by atoms with Crippen LogP contribution in [-0.2, 0) is 4.74 Å². The fourth-order valence-electron chi connectivity index (χ4n) is 1.89. The van der Waals surface area contributed by atoms with Crippen LogP contribution in [-0.4, -0.2) is 25.9 Å². The summed E-state index contributed by atoms with van der Waals surface area (Å²) in [5, 5.41) is 0. The molecule has 0 radical (unpaired) electrons. The Morgan fingerprint density at radius 1 is 1.44 bits per heavy atom. The molecule has 1 heterocycles. The zero-order chi connectivity index (χ0) is 13.0. The van der Waals surface area contributed by atoms with Crippen molar-refractivity contribution in [3.63, 3.8) is 0 Å². The Labute approximate surface area is 108 Å². The van der Waals surface area contributed by atoms with Crippen molar-refractivity contribution in [3.8, 4) is 11.5 Å². The van der Waals surface area contributed by atoms with Crippen LogP contribution < -0.4 is 15.2 Å². The highest BCUT2D eigenvalue weighted by atomic mass is 16.5. The van der Waals surface area contributed by atoms with Gasteiger partial charge in [-0.25, -0.2) is 0 Å². The number of ether oxygens (including phenoxy) is 3. The first-order valence-electron chi connectivity index (χ1n) is 6.42. The summed E-state index contributed by atoms with van der Waals surface area (Å²) in [6.07, 6.45) is 1.18. The van der Waals surface area contributed by atoms with Crippen molar-refractivity contribution in [1.29, 1.82) is 0 Å². The first-order valence-corrected chi connectivity index (χ1v) is 6.42. The standard InChI is InChI=1S/C14H21NO3/c1-10(2)18-14-7-12(3-4-13(14)15)17-9-11-5-6-16-8-11/h3-4,7,10-11H,5-6,8-9,15H2,1-2H3. The predicted octanol–water partition coefficient (Wildman–Crippen LogP) is 2.47. The molecule has 1 aromatic carbocycles. The van der Waals surface area contributed by atoms with E-state index < -0.39 is 0 Å². The van der Waals surface area contributed by atoms with E-state index in [0.717, 1.165) is 25.4 Å². The highest BCUT2D eigenvalue weighted by molar-refractivity contribution is 5.55. The van der Waals surface area contributed by atoms with Gasteiger partial charge in [-0.3, -0.25) is 0 Å². The Bertz CT molecular complexity index is 387. The molecule has 1 atom stereocenters. The number of nitrogen functional groups attached to an aromatic ring is 1. The number of hydrogen-bond acceptors (Lipinski definition) is 4. The van der Waals surface area contributed by atoms with Gasteiger partial charge in [0.2, 0.25) is 0 Å². The van der Waals surface area contributed by atoms with Crippen LogP contribution in [0.5, 0.6) is 11.5 Å². The molecule has 2 N–H and O–H groups in total. The number of hydrogen-bond donors (Lipinski definition) is 1. The highest BCUT2D eigenvalue weighted by Gasteiger charge is 2.16. The second-order valence-electron chi connectivity index (χ2n) is 4.91. The molecule has 100 valence electrons. The van der Waals surface area contributed by atoms with Crippen LogP contribution >= 0.6 is 0 Å². The first-order chi connectivity index (χ1) is 8.65. The van der Waals surface area contributed by atoms with Crippen molar-refractivity contribution in [3.05, 3.63) is 18.2 Å². The van der Waals surface area contributed by atoms with Gasteiger partial charge in [0.05, 0.1) is 25.0 Å². The summed E-state index contributed by atoms with van der Waals surface area (Å²) >= 11 is 0. The third kappa shape index (κ3) is 3.53. The van der Waals surface area contributed by atoms with Gasteiger partial charge in [-0.2, -0.15) is 0 Å². The fraction of sp³-hybridized carbons (Fsp3) is 0.571. The summed E-state index contributed by atoms with van der Waals surface area (Å²) in [4.78, 5) is 0. The second-order valence-corrected chi connectivity index (χ2v) is 4.91. The molecule has 1 aromatic rings. The molecular formula is C14H21NO3. The number of rotatable bonds is 5. The maximum Gasteiger partial charge on any atom is 0.146 e. The predicted molar refractivity (Wildman–Crippen MR) is 71.0 cm³/mol. The highest BCUT2D eigenvalue weighted by Crippen LogP contribution is 2.28. The van der Waals surface area contributed by atoms with E-state index in [1.165, 1.54) is 0 Å². The van der Waals surface area contributed by atoms with E-state index in [9.17, 15) is 0 Å². The van der Waals surface area contributed by atoms with Gasteiger partial charge in [0.25, 0.3) is 0 Å². The molecule has 0 spiro atoms. The molecule has 4 heteroatoms. The second kappa shape index (κ2) is 5.96. The van der Waals surface area contributed by atoms with Crippen molar-refractivity contribution < 1.29 is 14.2 Å². The van der Waals surface area contributed by atoms with Crippen LogP contribution in [0.1, 0.15) is 20.3 Å². The molecule has 2 rings (SSSR count). The van der Waals surface area contributed by atoms with Crippen LogP contribution in [0.2, 0.25) is 0 Å². The van der Waals surface area contributed by atoms with Crippen molar-refractivity contribution in [2.24, 2.45) is 5.92 Å². The van der Waals surface area contributed by atoms with Crippen LogP contribution in [0, 0.1) is 5.92 Å². The lowest BCUT2D eigenvalue weighted by molar-refractivity contribution is 0.167. The van der Waals surface area contributed by atoms with Crippen LogP contribution in [0.4, 0.5) is 5.69 Å². The van der Waals surface area contributed by atoms with Gasteiger partial charge in [-0.05, 0) is 32.4 Å². The molecule has 0 saturated carbocycles. The average molecular weight is 251 g/mol. The summed E-state index contributed by atoms with van der Waals surface area (Å²) in [5.41, 5.74) is 6.49. The third-order valence-corrected chi connectivity index (χ3v) is 2.86. The van der Waals surface area contributed by atoms with Crippen LogP contribution in [0.15, 0.2) is 18.2 Å². The van der Waals surface area contributed by atoms with E-state index in [0.29, 0.717) is 24.0 Å². The zero-order valence-corrected chi connectivity index (χ0v) is 11.0. The number of benzene rings is 1. The van der Waals surface area contributed by atoms with E-state index >= 15 is 0 Å². The van der Waals surface area contributed by atoms with Gasteiger partial charge >= 0.3 is 0 Å². The van der Waals surface area contributed by atoms with Crippen LogP contribution in [0.25, 0.3) is 0 Å². The topological polar surface area (TPSA) is 53.7 Å². The molecule has 0 bridgehead atoms. The van der Waals surface area contributed by atoms with Gasteiger partial charge in [-0.15, -0.1) is 0 Å². The SMILES string of the molecule is CC(C)Oc1cc(OCC2CCOC2)ccc1N. The molecule has 4 nitrogen and oxygen atoms in total. The molecule has 0 amide bonds. The van der Waals surface area contributed by atoms with Crippen LogP contribution in [0.3, 0.4) is 0 Å². The van der Waals surface area contributed by atoms with Crippen molar-refractivity contribution in [2.45, 2.75) is 26.4 Å². The molecule has 1 fully saturated rings. The third-order valence-electron chi connectivity index (χ3n) is 2.86. The zero-order valence-electron chi connectivity index (χ0n) is 11.0. The maximum atomic E-state index is 5.86. The van der Waals surface area contributed by atoms with Crippen molar-refractivity contribution in [1.82, 2.24) is 0 Å². The Hall–Kier alpha value is -1.42. The summed E-state index contributed by atoms with van der Waals surface area (Å²) in [7, 11) is 0. The summed E-state index contributed by atoms with van der Waals surface area (Å²) in [6.45, 7) is 6.28. The van der Waals surface area contributed by atoms with Gasteiger partial charge < -0.3 is 19.9 Å². The minimum absolute atomic E-state index is 0.103. The number of nitrogens with two attached hydrogens (primary N) is 1. The quantitative estimate of drug-likeness (QED) is 0.817. The Balaban J connectivity index is 1.95. The van der Waals surface area contributed by atoms with Crippen molar-refractivity contribution in [2.75, 3.05) is 25.6 Å². The maximum absolute atomic E-state index is 5.86. The lowest BCUT2D eigenvalue weighted by Crippen LogP contribution is -2.12. The smallest absolute Gasteiger partial charge is 0.146 e. The first kappa shape index (κ1) is 13.0. The normalized spacial score (nSPS) is 19.2.